The zero-order valence-electron chi connectivity index (χ0n) is 17.1. The minimum atomic E-state index is -3.27. The van der Waals surface area contributed by atoms with E-state index in [1.807, 2.05) is 0 Å². The van der Waals surface area contributed by atoms with E-state index >= 15 is 0 Å². The highest BCUT2D eigenvalue weighted by molar-refractivity contribution is 7.92. The molecule has 6 nitrogen and oxygen atoms in total. The molecule has 0 radical (unpaired) electrons. The van der Waals surface area contributed by atoms with Crippen LogP contribution in [0, 0.1) is 11.8 Å². The number of nitrogens with zero attached hydrogens (tertiary/aromatic N) is 2. The molecule has 2 saturated heterocycles. The van der Waals surface area contributed by atoms with E-state index in [4.69, 9.17) is 0 Å². The summed E-state index contributed by atoms with van der Waals surface area (Å²) in [4.78, 5) is 15.0. The Balaban J connectivity index is 1.51. The van der Waals surface area contributed by atoms with Gasteiger partial charge in [0.25, 0.3) is 5.91 Å². The highest BCUT2D eigenvalue weighted by Crippen LogP contribution is 2.24. The summed E-state index contributed by atoms with van der Waals surface area (Å²) in [5.41, 5.74) is 1.10. The molecule has 1 aromatic rings. The van der Waals surface area contributed by atoms with Crippen LogP contribution >= 0.6 is 0 Å². The van der Waals surface area contributed by atoms with Crippen molar-refractivity contribution < 1.29 is 13.2 Å². The van der Waals surface area contributed by atoms with Crippen LogP contribution in [0.1, 0.15) is 49.9 Å². The van der Waals surface area contributed by atoms with Crippen LogP contribution in [0.15, 0.2) is 24.3 Å². The second-order valence-electron chi connectivity index (χ2n) is 8.46. The maximum absolute atomic E-state index is 12.5. The van der Waals surface area contributed by atoms with Crippen LogP contribution < -0.4 is 9.62 Å². The highest BCUT2D eigenvalue weighted by atomic mass is 32.2. The zero-order chi connectivity index (χ0) is 20.1. The van der Waals surface area contributed by atoms with Gasteiger partial charge in [0.05, 0.1) is 11.4 Å². The van der Waals surface area contributed by atoms with Gasteiger partial charge in [0.1, 0.15) is 0 Å². The van der Waals surface area contributed by atoms with Crippen molar-refractivity contribution in [2.75, 3.05) is 42.8 Å². The van der Waals surface area contributed by atoms with Gasteiger partial charge >= 0.3 is 0 Å². The largest absolute Gasteiger partial charge is 0.352 e. The lowest BCUT2D eigenvalue weighted by Crippen LogP contribution is -2.40. The van der Waals surface area contributed by atoms with Gasteiger partial charge in [0.15, 0.2) is 0 Å². The first-order valence-electron chi connectivity index (χ1n) is 10.5. The fourth-order valence-corrected chi connectivity index (χ4v) is 6.09. The molecule has 2 heterocycles. The molecule has 0 saturated carbocycles. The van der Waals surface area contributed by atoms with E-state index < -0.39 is 10.0 Å². The summed E-state index contributed by atoms with van der Waals surface area (Å²) in [5.74, 6) is 1.52. The standard InChI is InChI=1S/C21H33N3O3S/c1-17-13-18(2)16-23(15-17)10-6-9-22-21(25)19-7-5-8-20(14-19)24-11-3-4-12-28(24,26)27/h5,7-8,14,17-18H,3-4,6,9-13,15-16H2,1-2H3,(H,22,25). The van der Waals surface area contributed by atoms with E-state index in [9.17, 15) is 13.2 Å². The van der Waals surface area contributed by atoms with Gasteiger partial charge in [-0.15, -0.1) is 0 Å². The van der Waals surface area contributed by atoms with Crippen molar-refractivity contribution in [2.45, 2.75) is 39.5 Å². The van der Waals surface area contributed by atoms with Gasteiger partial charge in [0, 0.05) is 31.7 Å². The first kappa shape index (κ1) is 21.1. The average molecular weight is 408 g/mol. The normalized spacial score (nSPS) is 25.4. The molecule has 0 aromatic heterocycles. The summed E-state index contributed by atoms with van der Waals surface area (Å²) in [6, 6.07) is 6.94. The molecule has 156 valence electrons. The Morgan fingerprint density at radius 2 is 1.93 bits per heavy atom. The zero-order valence-corrected chi connectivity index (χ0v) is 17.9. The number of amides is 1. The molecule has 7 heteroatoms. The Morgan fingerprint density at radius 1 is 1.18 bits per heavy atom. The Kier molecular flexibility index (Phi) is 6.99. The lowest BCUT2D eigenvalue weighted by atomic mass is 9.92. The topological polar surface area (TPSA) is 69.7 Å². The predicted molar refractivity (Wildman–Crippen MR) is 113 cm³/mol. The van der Waals surface area contributed by atoms with Gasteiger partial charge in [-0.25, -0.2) is 8.42 Å². The minimum absolute atomic E-state index is 0.142. The van der Waals surface area contributed by atoms with Crippen molar-refractivity contribution in [3.63, 3.8) is 0 Å². The second-order valence-corrected chi connectivity index (χ2v) is 10.5. The Hall–Kier alpha value is -1.60. The summed E-state index contributed by atoms with van der Waals surface area (Å²) in [7, 11) is -3.27. The summed E-state index contributed by atoms with van der Waals surface area (Å²) < 4.78 is 26.0. The Bertz CT molecular complexity index is 771. The van der Waals surface area contributed by atoms with E-state index in [0.29, 0.717) is 30.8 Å². The molecule has 1 N–H and O–H groups in total. The van der Waals surface area contributed by atoms with Crippen molar-refractivity contribution in [1.82, 2.24) is 10.2 Å². The molecule has 0 aliphatic carbocycles. The molecular formula is C21H33N3O3S. The number of benzene rings is 1. The highest BCUT2D eigenvalue weighted by Gasteiger charge is 2.26. The summed E-state index contributed by atoms with van der Waals surface area (Å²) in [6.07, 6.45) is 3.78. The van der Waals surface area contributed by atoms with Gasteiger partial charge in [-0.1, -0.05) is 19.9 Å². The summed E-state index contributed by atoms with van der Waals surface area (Å²) in [6.45, 7) is 9.01. The summed E-state index contributed by atoms with van der Waals surface area (Å²) in [5, 5.41) is 2.98. The number of hydrogen-bond acceptors (Lipinski definition) is 4. The van der Waals surface area contributed by atoms with Crippen molar-refractivity contribution in [2.24, 2.45) is 11.8 Å². The van der Waals surface area contributed by atoms with Crippen molar-refractivity contribution in [3.05, 3.63) is 29.8 Å². The molecule has 2 aliphatic rings. The fourth-order valence-electron chi connectivity index (χ4n) is 4.46. The van der Waals surface area contributed by atoms with Crippen LogP contribution in [0.2, 0.25) is 0 Å². The number of rotatable bonds is 6. The first-order valence-corrected chi connectivity index (χ1v) is 12.1. The van der Waals surface area contributed by atoms with Gasteiger partial charge in [-0.3, -0.25) is 9.10 Å². The molecule has 1 aromatic carbocycles. The monoisotopic (exact) mass is 407 g/mol. The maximum Gasteiger partial charge on any atom is 0.251 e. The molecule has 0 bridgehead atoms. The molecule has 2 fully saturated rings. The van der Waals surface area contributed by atoms with Crippen LogP contribution in [0.25, 0.3) is 0 Å². The number of carbonyl (C=O) groups is 1. The molecule has 3 rings (SSSR count). The van der Waals surface area contributed by atoms with E-state index in [0.717, 1.165) is 44.3 Å². The van der Waals surface area contributed by atoms with E-state index in [1.165, 1.54) is 10.7 Å². The second kappa shape index (κ2) is 9.27. The minimum Gasteiger partial charge on any atom is -0.352 e. The Labute approximate surface area is 169 Å². The number of nitrogens with one attached hydrogen (secondary N) is 1. The molecule has 28 heavy (non-hydrogen) atoms. The quantitative estimate of drug-likeness (QED) is 0.736. The van der Waals surface area contributed by atoms with Crippen molar-refractivity contribution in [1.29, 1.82) is 0 Å². The third-order valence-corrected chi connectivity index (χ3v) is 7.50. The summed E-state index contributed by atoms with van der Waals surface area (Å²) >= 11 is 0. The number of piperidine rings is 1. The molecule has 1 amide bonds. The number of sulfonamides is 1. The van der Waals surface area contributed by atoms with Crippen molar-refractivity contribution in [3.8, 4) is 0 Å². The van der Waals surface area contributed by atoms with Gasteiger partial charge < -0.3 is 10.2 Å². The van der Waals surface area contributed by atoms with Gasteiger partial charge in [-0.2, -0.15) is 0 Å². The van der Waals surface area contributed by atoms with E-state index in [1.54, 1.807) is 24.3 Å². The third kappa shape index (κ3) is 5.47. The number of anilines is 1. The molecular weight excluding hydrogens is 374 g/mol. The predicted octanol–water partition coefficient (Wildman–Crippen LogP) is 2.71. The lowest BCUT2D eigenvalue weighted by Gasteiger charge is -2.34. The first-order chi connectivity index (χ1) is 13.3. The van der Waals surface area contributed by atoms with E-state index in [2.05, 4.69) is 24.1 Å². The number of carbonyl (C=O) groups excluding carboxylic acids is 1. The van der Waals surface area contributed by atoms with Crippen molar-refractivity contribution >= 4 is 21.6 Å². The molecule has 2 unspecified atom stereocenters. The molecule has 2 aliphatic heterocycles. The van der Waals surface area contributed by atoms with Gasteiger partial charge in [0.2, 0.25) is 10.0 Å². The third-order valence-electron chi connectivity index (χ3n) is 5.63. The Morgan fingerprint density at radius 3 is 2.64 bits per heavy atom. The number of hydrogen-bond donors (Lipinski definition) is 1. The van der Waals surface area contributed by atoms with Gasteiger partial charge in [-0.05, 0) is 62.3 Å². The SMILES string of the molecule is CC1CC(C)CN(CCCNC(=O)c2cccc(N3CCCCS3(=O)=O)c2)C1. The van der Waals surface area contributed by atoms with Crippen LogP contribution in [-0.2, 0) is 10.0 Å². The number of likely N-dealkylation sites (tertiary alicyclic amines) is 1. The lowest BCUT2D eigenvalue weighted by molar-refractivity contribution is 0.0947. The average Bonchev–Trinajstić information content (AvgIpc) is 2.64. The molecule has 0 spiro atoms. The van der Waals surface area contributed by atoms with Crippen LogP contribution in [0.4, 0.5) is 5.69 Å². The molecule has 2 atom stereocenters. The van der Waals surface area contributed by atoms with Crippen LogP contribution in [0.3, 0.4) is 0 Å². The smallest absolute Gasteiger partial charge is 0.251 e. The van der Waals surface area contributed by atoms with E-state index in [-0.39, 0.29) is 11.7 Å². The van der Waals surface area contributed by atoms with Crippen LogP contribution in [-0.4, -0.2) is 57.7 Å². The maximum atomic E-state index is 12.5. The van der Waals surface area contributed by atoms with Crippen LogP contribution in [0.5, 0.6) is 0 Å². The fraction of sp³-hybridized carbons (Fsp3) is 0.667.